The quantitative estimate of drug-likeness (QED) is 0.404. The number of nitrogens with zero attached hydrogens (tertiary/aromatic N) is 3. The van der Waals surface area contributed by atoms with Gasteiger partial charge >= 0.3 is 5.97 Å². The Morgan fingerprint density at radius 3 is 2.59 bits per heavy atom. The van der Waals surface area contributed by atoms with E-state index in [1.165, 1.54) is 18.4 Å². The Morgan fingerprint density at radius 2 is 1.97 bits per heavy atom. The van der Waals surface area contributed by atoms with Crippen LogP contribution in [-0.4, -0.2) is 71.8 Å². The molecule has 1 unspecified atom stereocenters. The van der Waals surface area contributed by atoms with E-state index in [2.05, 4.69) is 28.3 Å². The molecule has 1 aliphatic rings. The van der Waals surface area contributed by atoms with Gasteiger partial charge in [-0.3, -0.25) is 9.48 Å². The Labute approximate surface area is 190 Å². The van der Waals surface area contributed by atoms with Crippen molar-refractivity contribution in [1.82, 2.24) is 20.0 Å². The van der Waals surface area contributed by atoms with E-state index < -0.39 is 6.10 Å². The summed E-state index contributed by atoms with van der Waals surface area (Å²) in [4.78, 5) is 13.8. The number of esters is 1. The van der Waals surface area contributed by atoms with Crippen LogP contribution in [0.2, 0.25) is 0 Å². The fourth-order valence-corrected chi connectivity index (χ4v) is 4.08. The molecule has 3 rings (SSSR count). The monoisotopic (exact) mass is 444 g/mol. The van der Waals surface area contributed by atoms with Crippen molar-refractivity contribution in [2.45, 2.75) is 45.9 Å². The molecule has 2 aromatic rings. The summed E-state index contributed by atoms with van der Waals surface area (Å²) in [6.07, 6.45) is 0.980. The van der Waals surface area contributed by atoms with Crippen LogP contribution in [0.4, 0.5) is 0 Å². The van der Waals surface area contributed by atoms with Crippen molar-refractivity contribution in [3.05, 3.63) is 47.3 Å². The average molecular weight is 445 g/mol. The minimum atomic E-state index is -0.569. The third kappa shape index (κ3) is 7.32. The van der Waals surface area contributed by atoms with Gasteiger partial charge in [0.15, 0.2) is 0 Å². The number of benzene rings is 1. The van der Waals surface area contributed by atoms with E-state index in [1.807, 2.05) is 35.9 Å². The number of β-amino-alcohol motifs (C(OH)–C–C–N with tert-alkyl or cyclic N) is 1. The molecule has 0 amide bonds. The van der Waals surface area contributed by atoms with Gasteiger partial charge in [-0.1, -0.05) is 12.1 Å². The molecular weight excluding hydrogens is 408 g/mol. The van der Waals surface area contributed by atoms with E-state index in [9.17, 15) is 9.90 Å². The molecule has 1 aliphatic heterocycles. The van der Waals surface area contributed by atoms with Crippen molar-refractivity contribution >= 4 is 5.97 Å². The molecule has 1 aromatic carbocycles. The topological polar surface area (TPSA) is 88.9 Å². The normalized spacial score (nSPS) is 16.1. The van der Waals surface area contributed by atoms with Crippen LogP contribution in [0.15, 0.2) is 30.3 Å². The molecule has 1 atom stereocenters. The maximum atomic E-state index is 11.6. The summed E-state index contributed by atoms with van der Waals surface area (Å²) in [5.74, 6) is 0.603. The molecule has 1 aromatic heterocycles. The van der Waals surface area contributed by atoms with Crippen LogP contribution in [0, 0.1) is 19.8 Å². The predicted molar refractivity (Wildman–Crippen MR) is 123 cm³/mol. The van der Waals surface area contributed by atoms with Crippen LogP contribution >= 0.6 is 0 Å². The Kier molecular flexibility index (Phi) is 9.08. The fraction of sp³-hybridized carbons (Fsp3) is 0.583. The van der Waals surface area contributed by atoms with E-state index in [-0.39, 0.29) is 18.5 Å². The number of aliphatic hydroxyl groups excluding tert-OH is 1. The van der Waals surface area contributed by atoms with E-state index in [0.29, 0.717) is 6.54 Å². The second kappa shape index (κ2) is 12.0. The van der Waals surface area contributed by atoms with E-state index in [4.69, 9.17) is 9.47 Å². The van der Waals surface area contributed by atoms with Gasteiger partial charge in [-0.25, -0.2) is 0 Å². The highest BCUT2D eigenvalue weighted by Crippen LogP contribution is 2.19. The molecule has 0 radical (unpaired) electrons. The molecule has 32 heavy (non-hydrogen) atoms. The first-order valence-electron chi connectivity index (χ1n) is 11.4. The highest BCUT2D eigenvalue weighted by atomic mass is 16.5. The molecule has 1 saturated heterocycles. The van der Waals surface area contributed by atoms with E-state index in [0.717, 1.165) is 57.0 Å². The molecule has 0 bridgehead atoms. The number of aromatic nitrogens is 2. The minimum Gasteiger partial charge on any atom is -0.491 e. The summed E-state index contributed by atoms with van der Waals surface area (Å²) < 4.78 is 12.6. The highest BCUT2D eigenvalue weighted by Gasteiger charge is 2.26. The van der Waals surface area contributed by atoms with Crippen molar-refractivity contribution in [3.8, 4) is 5.75 Å². The maximum Gasteiger partial charge on any atom is 0.308 e. The van der Waals surface area contributed by atoms with Crippen LogP contribution in [0.1, 0.15) is 29.8 Å². The first-order valence-corrected chi connectivity index (χ1v) is 11.4. The van der Waals surface area contributed by atoms with Gasteiger partial charge in [-0.2, -0.15) is 5.10 Å². The minimum absolute atomic E-state index is 0.0171. The lowest BCUT2D eigenvalue weighted by Crippen LogP contribution is -2.42. The zero-order chi connectivity index (χ0) is 22.9. The van der Waals surface area contributed by atoms with Crippen molar-refractivity contribution in [3.63, 3.8) is 0 Å². The lowest BCUT2D eigenvalue weighted by molar-refractivity contribution is -0.147. The van der Waals surface area contributed by atoms with E-state index in [1.54, 1.807) is 0 Å². The van der Waals surface area contributed by atoms with Gasteiger partial charge in [-0.15, -0.1) is 0 Å². The van der Waals surface area contributed by atoms with Gasteiger partial charge in [0.05, 0.1) is 25.3 Å². The van der Waals surface area contributed by atoms with Crippen molar-refractivity contribution in [2.75, 3.05) is 39.9 Å². The lowest BCUT2D eigenvalue weighted by Gasteiger charge is -2.31. The predicted octanol–water partition coefficient (Wildman–Crippen LogP) is 1.91. The van der Waals surface area contributed by atoms with Gasteiger partial charge in [0.2, 0.25) is 0 Å². The number of carbonyl (C=O) groups excluding carboxylic acids is 1. The van der Waals surface area contributed by atoms with Crippen molar-refractivity contribution in [2.24, 2.45) is 5.92 Å². The van der Waals surface area contributed by atoms with Gasteiger partial charge in [0.1, 0.15) is 18.5 Å². The standard InChI is InChI=1S/C24H36N4O4/c1-18-14-19(2)28(26-18)13-10-25-15-20-4-6-23(7-5-20)32-17-22(29)16-27-11-8-21(9-12-27)24(30)31-3/h4-7,14,21-22,25,29H,8-13,15-17H2,1-3H3. The second-order valence-electron chi connectivity index (χ2n) is 8.53. The first kappa shape index (κ1) is 24.2. The number of hydrogen-bond acceptors (Lipinski definition) is 7. The summed E-state index contributed by atoms with van der Waals surface area (Å²) in [6.45, 7) is 8.93. The largest absolute Gasteiger partial charge is 0.491 e. The zero-order valence-electron chi connectivity index (χ0n) is 19.4. The number of rotatable bonds is 11. The second-order valence-corrected chi connectivity index (χ2v) is 8.53. The molecule has 0 spiro atoms. The average Bonchev–Trinajstić information content (AvgIpc) is 3.12. The van der Waals surface area contributed by atoms with Crippen LogP contribution in [0.3, 0.4) is 0 Å². The Morgan fingerprint density at radius 1 is 1.25 bits per heavy atom. The third-order valence-corrected chi connectivity index (χ3v) is 5.89. The SMILES string of the molecule is COC(=O)C1CCN(CC(O)COc2ccc(CNCCn3nc(C)cc3C)cc2)CC1. The summed E-state index contributed by atoms with van der Waals surface area (Å²) in [7, 11) is 1.43. The van der Waals surface area contributed by atoms with Crippen LogP contribution in [-0.2, 0) is 22.6 Å². The number of aryl methyl sites for hydroxylation is 2. The Bertz CT molecular complexity index is 844. The molecule has 2 heterocycles. The summed E-state index contributed by atoms with van der Waals surface area (Å²) in [5, 5.41) is 18.2. The number of methoxy groups -OCH3 is 1. The number of nitrogens with one attached hydrogen (secondary N) is 1. The van der Waals surface area contributed by atoms with Crippen LogP contribution < -0.4 is 10.1 Å². The van der Waals surface area contributed by atoms with Gasteiger partial charge < -0.3 is 24.8 Å². The number of hydrogen-bond donors (Lipinski definition) is 2. The molecule has 1 fully saturated rings. The van der Waals surface area contributed by atoms with Crippen LogP contribution in [0.25, 0.3) is 0 Å². The summed E-state index contributed by atoms with van der Waals surface area (Å²) in [5.41, 5.74) is 3.41. The molecule has 8 nitrogen and oxygen atoms in total. The Balaban J connectivity index is 1.31. The molecular formula is C24H36N4O4. The molecule has 2 N–H and O–H groups in total. The Hall–Kier alpha value is -2.42. The van der Waals surface area contributed by atoms with Gasteiger partial charge in [0, 0.05) is 25.3 Å². The molecule has 0 aliphatic carbocycles. The first-order chi connectivity index (χ1) is 15.4. The molecule has 8 heteroatoms. The number of likely N-dealkylation sites (tertiary alicyclic amines) is 1. The maximum absolute atomic E-state index is 11.6. The van der Waals surface area contributed by atoms with Gasteiger partial charge in [0.25, 0.3) is 0 Å². The fourth-order valence-electron chi connectivity index (χ4n) is 4.08. The third-order valence-electron chi connectivity index (χ3n) is 5.89. The van der Waals surface area contributed by atoms with Gasteiger partial charge in [-0.05, 0) is 63.5 Å². The molecule has 176 valence electrons. The van der Waals surface area contributed by atoms with E-state index >= 15 is 0 Å². The smallest absolute Gasteiger partial charge is 0.308 e. The molecule has 0 saturated carbocycles. The summed E-state index contributed by atoms with van der Waals surface area (Å²) in [6, 6.07) is 10.0. The zero-order valence-corrected chi connectivity index (χ0v) is 19.4. The number of ether oxygens (including phenoxy) is 2. The highest BCUT2D eigenvalue weighted by molar-refractivity contribution is 5.72. The number of carbonyl (C=O) groups is 1. The van der Waals surface area contributed by atoms with Crippen molar-refractivity contribution in [1.29, 1.82) is 0 Å². The number of aliphatic hydroxyl groups is 1. The lowest BCUT2D eigenvalue weighted by atomic mass is 9.97. The number of piperidine rings is 1. The van der Waals surface area contributed by atoms with Crippen LogP contribution in [0.5, 0.6) is 5.75 Å². The summed E-state index contributed by atoms with van der Waals surface area (Å²) >= 11 is 0. The van der Waals surface area contributed by atoms with Crippen molar-refractivity contribution < 1.29 is 19.4 Å².